The van der Waals surface area contributed by atoms with Crippen LogP contribution in [-0.2, 0) is 16.0 Å². The highest BCUT2D eigenvalue weighted by atomic mass is 35.5. The van der Waals surface area contributed by atoms with Crippen LogP contribution >= 0.6 is 22.9 Å². The van der Waals surface area contributed by atoms with Crippen LogP contribution in [0.1, 0.15) is 17.7 Å². The van der Waals surface area contributed by atoms with Gasteiger partial charge in [-0.1, -0.05) is 11.6 Å². The fraction of sp³-hybridized carbons (Fsp3) is 0.615. The van der Waals surface area contributed by atoms with Gasteiger partial charge in [0.05, 0.1) is 4.34 Å². The molecule has 19 heavy (non-hydrogen) atoms. The number of amides is 1. The van der Waals surface area contributed by atoms with Crippen LogP contribution in [0.15, 0.2) is 12.1 Å². The lowest BCUT2D eigenvalue weighted by atomic mass is 9.91. The Labute approximate surface area is 122 Å². The average Bonchev–Trinajstić information content (AvgIpc) is 2.85. The van der Waals surface area contributed by atoms with E-state index in [4.69, 9.17) is 16.3 Å². The Kier molecular flexibility index (Phi) is 5.21. The summed E-state index contributed by atoms with van der Waals surface area (Å²) in [5.41, 5.74) is -0.654. The first kappa shape index (κ1) is 14.8. The van der Waals surface area contributed by atoms with E-state index in [1.807, 2.05) is 12.1 Å². The Morgan fingerprint density at radius 1 is 1.53 bits per heavy atom. The largest absolute Gasteiger partial charge is 0.368 e. The molecule has 0 saturated carbocycles. The number of nitrogens with one attached hydrogen (secondary N) is 2. The fourth-order valence-electron chi connectivity index (χ4n) is 2.30. The van der Waals surface area contributed by atoms with Crippen molar-refractivity contribution < 1.29 is 9.53 Å². The van der Waals surface area contributed by atoms with Gasteiger partial charge in [-0.25, -0.2) is 0 Å². The van der Waals surface area contributed by atoms with Gasteiger partial charge >= 0.3 is 0 Å². The topological polar surface area (TPSA) is 50.4 Å². The number of hydrogen-bond acceptors (Lipinski definition) is 4. The maximum Gasteiger partial charge on any atom is 0.252 e. The van der Waals surface area contributed by atoms with Crippen LogP contribution in [0, 0.1) is 0 Å². The lowest BCUT2D eigenvalue weighted by Gasteiger charge is -2.34. The first-order valence-corrected chi connectivity index (χ1v) is 7.64. The third-order valence-electron chi connectivity index (χ3n) is 3.50. The molecule has 1 saturated heterocycles. The molecule has 0 spiro atoms. The number of hydrogen-bond donors (Lipinski definition) is 2. The minimum Gasteiger partial charge on any atom is -0.368 e. The minimum absolute atomic E-state index is 0.000784. The predicted octanol–water partition coefficient (Wildman–Crippen LogP) is 1.83. The van der Waals surface area contributed by atoms with Crippen molar-refractivity contribution in [3.8, 4) is 0 Å². The van der Waals surface area contributed by atoms with Crippen molar-refractivity contribution in [2.45, 2.75) is 24.9 Å². The van der Waals surface area contributed by atoms with Gasteiger partial charge in [0, 0.05) is 18.5 Å². The molecule has 1 fully saturated rings. The average molecular weight is 303 g/mol. The van der Waals surface area contributed by atoms with Crippen molar-refractivity contribution >= 4 is 28.8 Å². The second-order valence-electron chi connectivity index (χ2n) is 4.66. The first-order chi connectivity index (χ1) is 9.16. The van der Waals surface area contributed by atoms with Gasteiger partial charge in [-0.3, -0.25) is 4.79 Å². The summed E-state index contributed by atoms with van der Waals surface area (Å²) in [5, 5.41) is 6.21. The third kappa shape index (κ3) is 3.69. The van der Waals surface area contributed by atoms with Gasteiger partial charge in [0.15, 0.2) is 0 Å². The highest BCUT2D eigenvalue weighted by Gasteiger charge is 2.39. The normalized spacial score (nSPS) is 18.2. The van der Waals surface area contributed by atoms with Gasteiger partial charge < -0.3 is 15.4 Å². The van der Waals surface area contributed by atoms with Crippen LogP contribution in [0.25, 0.3) is 0 Å². The van der Waals surface area contributed by atoms with Crippen LogP contribution in [-0.4, -0.2) is 38.3 Å². The first-order valence-electron chi connectivity index (χ1n) is 6.45. The maximum absolute atomic E-state index is 12.3. The van der Waals surface area contributed by atoms with E-state index in [1.54, 1.807) is 18.4 Å². The molecule has 2 N–H and O–H groups in total. The molecule has 2 heterocycles. The zero-order valence-electron chi connectivity index (χ0n) is 11.0. The highest BCUT2D eigenvalue weighted by Crippen LogP contribution is 2.23. The van der Waals surface area contributed by atoms with Crippen LogP contribution < -0.4 is 10.6 Å². The Morgan fingerprint density at radius 3 is 2.84 bits per heavy atom. The number of carbonyl (C=O) groups is 1. The molecule has 0 unspecified atom stereocenters. The van der Waals surface area contributed by atoms with Crippen molar-refractivity contribution in [1.82, 2.24) is 10.6 Å². The second-order valence-corrected chi connectivity index (χ2v) is 6.46. The van der Waals surface area contributed by atoms with Crippen molar-refractivity contribution in [3.05, 3.63) is 21.3 Å². The van der Waals surface area contributed by atoms with Gasteiger partial charge in [0.1, 0.15) is 5.60 Å². The summed E-state index contributed by atoms with van der Waals surface area (Å²) in [4.78, 5) is 13.4. The molecular weight excluding hydrogens is 284 g/mol. The molecule has 0 atom stereocenters. The van der Waals surface area contributed by atoms with Crippen LogP contribution in [0.5, 0.6) is 0 Å². The quantitative estimate of drug-likeness (QED) is 0.872. The van der Waals surface area contributed by atoms with Crippen molar-refractivity contribution in [1.29, 1.82) is 0 Å². The molecule has 1 aliphatic heterocycles. The minimum atomic E-state index is -0.654. The van der Waals surface area contributed by atoms with Gasteiger partial charge in [-0.05, 0) is 44.5 Å². The van der Waals surface area contributed by atoms with E-state index >= 15 is 0 Å². The molecule has 0 aromatic carbocycles. The molecule has 4 nitrogen and oxygen atoms in total. The molecule has 1 aromatic rings. The van der Waals surface area contributed by atoms with Gasteiger partial charge in [0.2, 0.25) is 0 Å². The number of piperidine rings is 1. The monoisotopic (exact) mass is 302 g/mol. The number of ether oxygens (including phenoxy) is 1. The SMILES string of the molecule is COC1(C(=O)NCCc2ccc(Cl)s2)CCNCC1. The smallest absolute Gasteiger partial charge is 0.252 e. The van der Waals surface area contributed by atoms with Gasteiger partial charge in [-0.2, -0.15) is 0 Å². The molecule has 0 radical (unpaired) electrons. The summed E-state index contributed by atoms with van der Waals surface area (Å²) in [5.74, 6) is -0.000784. The molecule has 1 aromatic heterocycles. The molecular formula is C13H19ClN2O2S. The van der Waals surface area contributed by atoms with Crippen LogP contribution in [0.4, 0.5) is 0 Å². The van der Waals surface area contributed by atoms with Crippen LogP contribution in [0.3, 0.4) is 0 Å². The van der Waals surface area contributed by atoms with E-state index in [-0.39, 0.29) is 5.91 Å². The summed E-state index contributed by atoms with van der Waals surface area (Å²) in [6.07, 6.45) is 2.25. The molecule has 2 rings (SSSR count). The lowest BCUT2D eigenvalue weighted by molar-refractivity contribution is -0.146. The molecule has 1 amide bonds. The van der Waals surface area contributed by atoms with E-state index in [9.17, 15) is 4.79 Å². The standard InChI is InChI=1S/C13H19ClN2O2S/c1-18-13(5-8-15-9-6-13)12(17)16-7-4-10-2-3-11(14)19-10/h2-3,15H,4-9H2,1H3,(H,16,17). The molecule has 106 valence electrons. The maximum atomic E-state index is 12.3. The highest BCUT2D eigenvalue weighted by molar-refractivity contribution is 7.16. The third-order valence-corrected chi connectivity index (χ3v) is 4.79. The number of carbonyl (C=O) groups excluding carboxylic acids is 1. The Bertz CT molecular complexity index is 430. The number of rotatable bonds is 5. The molecule has 0 bridgehead atoms. The van der Waals surface area contributed by atoms with Crippen molar-refractivity contribution in [2.75, 3.05) is 26.7 Å². The van der Waals surface area contributed by atoms with Crippen molar-refractivity contribution in [3.63, 3.8) is 0 Å². The zero-order chi connectivity index (χ0) is 13.7. The van der Waals surface area contributed by atoms with E-state index in [1.165, 1.54) is 4.88 Å². The fourth-order valence-corrected chi connectivity index (χ4v) is 3.39. The number of thiophene rings is 1. The number of halogens is 1. The molecule has 0 aliphatic carbocycles. The summed E-state index contributed by atoms with van der Waals surface area (Å²) in [6, 6.07) is 3.88. The lowest BCUT2D eigenvalue weighted by Crippen LogP contribution is -2.54. The molecule has 6 heteroatoms. The van der Waals surface area contributed by atoms with Crippen LogP contribution in [0.2, 0.25) is 4.34 Å². The Morgan fingerprint density at radius 2 is 2.26 bits per heavy atom. The second kappa shape index (κ2) is 6.70. The Balaban J connectivity index is 1.82. The van der Waals surface area contributed by atoms with E-state index < -0.39 is 5.60 Å². The van der Waals surface area contributed by atoms with E-state index in [0.717, 1.165) is 36.7 Å². The van der Waals surface area contributed by atoms with Crippen molar-refractivity contribution in [2.24, 2.45) is 0 Å². The summed E-state index contributed by atoms with van der Waals surface area (Å²) in [6.45, 7) is 2.26. The van der Waals surface area contributed by atoms with Gasteiger partial charge in [-0.15, -0.1) is 11.3 Å². The summed E-state index contributed by atoms with van der Waals surface area (Å²) < 4.78 is 6.26. The summed E-state index contributed by atoms with van der Waals surface area (Å²) in [7, 11) is 1.62. The number of methoxy groups -OCH3 is 1. The van der Waals surface area contributed by atoms with Gasteiger partial charge in [0.25, 0.3) is 5.91 Å². The molecule has 1 aliphatic rings. The van der Waals surface area contributed by atoms with E-state index in [2.05, 4.69) is 10.6 Å². The zero-order valence-corrected chi connectivity index (χ0v) is 12.6. The Hall–Kier alpha value is -0.620. The van der Waals surface area contributed by atoms with E-state index in [0.29, 0.717) is 6.54 Å². The predicted molar refractivity (Wildman–Crippen MR) is 77.9 cm³/mol. The summed E-state index contributed by atoms with van der Waals surface area (Å²) >= 11 is 7.43.